The van der Waals surface area contributed by atoms with Crippen LogP contribution in [0.1, 0.15) is 23.2 Å². The fourth-order valence-corrected chi connectivity index (χ4v) is 1.22. The van der Waals surface area contributed by atoms with E-state index in [0.717, 1.165) is 0 Å². The highest BCUT2D eigenvalue weighted by molar-refractivity contribution is 5.96. The van der Waals surface area contributed by atoms with Crippen LogP contribution >= 0.6 is 0 Å². The smallest absolute Gasteiger partial charge is 0.387 e. The van der Waals surface area contributed by atoms with Gasteiger partial charge >= 0.3 is 6.61 Å². The minimum atomic E-state index is -2.88. The summed E-state index contributed by atoms with van der Waals surface area (Å²) in [4.78, 5) is 11.6. The van der Waals surface area contributed by atoms with Crippen molar-refractivity contribution >= 4 is 5.78 Å². The van der Waals surface area contributed by atoms with Gasteiger partial charge < -0.3 is 4.74 Å². The third-order valence-electron chi connectivity index (χ3n) is 1.96. The van der Waals surface area contributed by atoms with Gasteiger partial charge in [-0.2, -0.15) is 8.78 Å². The second-order valence-corrected chi connectivity index (χ2v) is 3.16. The Hall–Kier alpha value is -1.71. The van der Waals surface area contributed by atoms with E-state index in [9.17, 15) is 13.6 Å². The fourth-order valence-electron chi connectivity index (χ4n) is 1.22. The Labute approximate surface area is 92.5 Å². The number of alkyl halides is 2. The van der Waals surface area contributed by atoms with Crippen molar-refractivity contribution in [3.05, 3.63) is 42.5 Å². The maximum atomic E-state index is 11.9. The molecule has 0 bridgehead atoms. The van der Waals surface area contributed by atoms with Crippen molar-refractivity contribution in [2.24, 2.45) is 0 Å². The second kappa shape index (κ2) is 6.00. The van der Waals surface area contributed by atoms with Gasteiger partial charge in [-0.25, -0.2) is 0 Å². The molecule has 1 aromatic rings. The van der Waals surface area contributed by atoms with Crippen molar-refractivity contribution in [1.29, 1.82) is 0 Å². The maximum absolute atomic E-state index is 11.9. The van der Waals surface area contributed by atoms with E-state index < -0.39 is 6.61 Å². The molecule has 0 saturated heterocycles. The van der Waals surface area contributed by atoms with Gasteiger partial charge in [0.05, 0.1) is 0 Å². The highest BCUT2D eigenvalue weighted by atomic mass is 19.3. The van der Waals surface area contributed by atoms with Crippen molar-refractivity contribution in [3.8, 4) is 5.75 Å². The van der Waals surface area contributed by atoms with Gasteiger partial charge in [0.15, 0.2) is 5.78 Å². The molecule has 0 unspecified atom stereocenters. The van der Waals surface area contributed by atoms with Gasteiger partial charge in [0, 0.05) is 12.0 Å². The van der Waals surface area contributed by atoms with Crippen molar-refractivity contribution in [2.45, 2.75) is 19.5 Å². The molecular formula is C12H12F2O2. The van der Waals surface area contributed by atoms with Crippen LogP contribution in [0.15, 0.2) is 36.9 Å². The lowest BCUT2D eigenvalue weighted by molar-refractivity contribution is -0.0498. The summed E-state index contributed by atoms with van der Waals surface area (Å²) in [6, 6.07) is 5.79. The number of benzene rings is 1. The summed E-state index contributed by atoms with van der Waals surface area (Å²) >= 11 is 0. The Morgan fingerprint density at radius 3 is 2.88 bits per heavy atom. The molecule has 2 nitrogen and oxygen atoms in total. The van der Waals surface area contributed by atoms with Gasteiger partial charge in [-0.15, -0.1) is 6.58 Å². The van der Waals surface area contributed by atoms with Crippen LogP contribution in [0.5, 0.6) is 5.75 Å². The fraction of sp³-hybridized carbons (Fsp3) is 0.250. The third-order valence-corrected chi connectivity index (χ3v) is 1.96. The summed E-state index contributed by atoms with van der Waals surface area (Å²) in [6.07, 6.45) is 2.53. The van der Waals surface area contributed by atoms with Gasteiger partial charge in [0.2, 0.25) is 0 Å². The van der Waals surface area contributed by atoms with Crippen LogP contribution in [0.25, 0.3) is 0 Å². The Kier molecular flexibility index (Phi) is 4.64. The lowest BCUT2D eigenvalue weighted by Gasteiger charge is -2.05. The molecule has 0 heterocycles. The standard InChI is InChI=1S/C12H12F2O2/c1-2-3-7-11(15)9-5-4-6-10(8-9)16-12(13)14/h2,4-6,8,12H,1,3,7H2. The van der Waals surface area contributed by atoms with E-state index in [4.69, 9.17) is 0 Å². The van der Waals surface area contributed by atoms with E-state index in [-0.39, 0.29) is 11.5 Å². The van der Waals surface area contributed by atoms with E-state index >= 15 is 0 Å². The first-order valence-electron chi connectivity index (χ1n) is 4.82. The first-order chi connectivity index (χ1) is 7.63. The minimum Gasteiger partial charge on any atom is -0.435 e. The number of hydrogen-bond acceptors (Lipinski definition) is 2. The number of Topliss-reactive ketones (excluding diaryl/α,β-unsaturated/α-hetero) is 1. The van der Waals surface area contributed by atoms with E-state index in [1.54, 1.807) is 12.1 Å². The summed E-state index contributed by atoms with van der Waals surface area (Å²) < 4.78 is 28.1. The van der Waals surface area contributed by atoms with Crippen LogP contribution in [-0.4, -0.2) is 12.4 Å². The summed E-state index contributed by atoms with van der Waals surface area (Å²) in [5.74, 6) is -0.112. The summed E-state index contributed by atoms with van der Waals surface area (Å²) in [5, 5.41) is 0. The normalized spacial score (nSPS) is 10.2. The highest BCUT2D eigenvalue weighted by Gasteiger charge is 2.08. The van der Waals surface area contributed by atoms with Crippen LogP contribution in [0.4, 0.5) is 8.78 Å². The second-order valence-electron chi connectivity index (χ2n) is 3.16. The molecule has 0 saturated carbocycles. The zero-order valence-electron chi connectivity index (χ0n) is 8.66. The molecule has 0 fully saturated rings. The predicted octanol–water partition coefficient (Wildman–Crippen LogP) is 3.44. The number of carbonyl (C=O) groups excluding carboxylic acids is 1. The molecule has 0 aliphatic rings. The monoisotopic (exact) mass is 226 g/mol. The quantitative estimate of drug-likeness (QED) is 0.548. The van der Waals surface area contributed by atoms with E-state index in [1.807, 2.05) is 0 Å². The van der Waals surface area contributed by atoms with Gasteiger partial charge in [-0.3, -0.25) is 4.79 Å². The van der Waals surface area contributed by atoms with E-state index in [0.29, 0.717) is 18.4 Å². The molecule has 16 heavy (non-hydrogen) atoms. The molecule has 0 amide bonds. The van der Waals surface area contributed by atoms with Crippen LogP contribution in [0.3, 0.4) is 0 Å². The minimum absolute atomic E-state index is 0.000506. The Morgan fingerprint density at radius 1 is 1.50 bits per heavy atom. The van der Waals surface area contributed by atoms with E-state index in [1.165, 1.54) is 18.2 Å². The number of allylic oxidation sites excluding steroid dienone is 1. The maximum Gasteiger partial charge on any atom is 0.387 e. The molecule has 0 aromatic heterocycles. The Morgan fingerprint density at radius 2 is 2.25 bits per heavy atom. The topological polar surface area (TPSA) is 26.3 Å². The average molecular weight is 226 g/mol. The largest absolute Gasteiger partial charge is 0.435 e. The number of ketones is 1. The molecule has 0 aliphatic heterocycles. The summed E-state index contributed by atoms with van der Waals surface area (Å²) in [5.41, 5.74) is 0.375. The van der Waals surface area contributed by atoms with Gasteiger partial charge in [0.1, 0.15) is 5.75 Å². The molecule has 1 aromatic carbocycles. The van der Waals surface area contributed by atoms with Crippen molar-refractivity contribution in [1.82, 2.24) is 0 Å². The average Bonchev–Trinajstić information content (AvgIpc) is 2.25. The molecule has 0 radical (unpaired) electrons. The van der Waals surface area contributed by atoms with Gasteiger partial charge in [-0.1, -0.05) is 18.2 Å². The number of halogens is 2. The van der Waals surface area contributed by atoms with Crippen molar-refractivity contribution in [2.75, 3.05) is 0 Å². The summed E-state index contributed by atoms with van der Waals surface area (Å²) in [6.45, 7) is 0.631. The molecule has 0 spiro atoms. The van der Waals surface area contributed by atoms with Crippen LogP contribution in [-0.2, 0) is 0 Å². The van der Waals surface area contributed by atoms with Crippen LogP contribution in [0.2, 0.25) is 0 Å². The summed E-state index contributed by atoms with van der Waals surface area (Å²) in [7, 11) is 0. The van der Waals surface area contributed by atoms with Crippen LogP contribution in [0, 0.1) is 0 Å². The number of hydrogen-bond donors (Lipinski definition) is 0. The lowest BCUT2D eigenvalue weighted by Crippen LogP contribution is -2.04. The molecule has 0 aliphatic carbocycles. The zero-order chi connectivity index (χ0) is 12.0. The Balaban J connectivity index is 2.73. The first-order valence-corrected chi connectivity index (χ1v) is 4.82. The highest BCUT2D eigenvalue weighted by Crippen LogP contribution is 2.17. The van der Waals surface area contributed by atoms with E-state index in [2.05, 4.69) is 11.3 Å². The van der Waals surface area contributed by atoms with Gasteiger partial charge in [-0.05, 0) is 18.6 Å². The predicted molar refractivity (Wildman–Crippen MR) is 56.8 cm³/mol. The van der Waals surface area contributed by atoms with Crippen molar-refractivity contribution < 1.29 is 18.3 Å². The SMILES string of the molecule is C=CCCC(=O)c1cccc(OC(F)F)c1. The molecule has 0 N–H and O–H groups in total. The molecule has 0 atom stereocenters. The number of rotatable bonds is 6. The molecule has 4 heteroatoms. The molecule has 86 valence electrons. The third kappa shape index (κ3) is 3.81. The Bertz CT molecular complexity index is 375. The zero-order valence-corrected chi connectivity index (χ0v) is 8.66. The first kappa shape index (κ1) is 12.4. The number of carbonyl (C=O) groups is 1. The van der Waals surface area contributed by atoms with Crippen molar-refractivity contribution in [3.63, 3.8) is 0 Å². The molecular weight excluding hydrogens is 214 g/mol. The lowest BCUT2D eigenvalue weighted by atomic mass is 10.1. The molecule has 1 rings (SSSR count). The van der Waals surface area contributed by atoms with Gasteiger partial charge in [0.25, 0.3) is 0 Å². The number of ether oxygens (including phenoxy) is 1. The van der Waals surface area contributed by atoms with Crippen LogP contribution < -0.4 is 4.74 Å².